The molecule has 2 rings (SSSR count). The molecule has 0 radical (unpaired) electrons. The van der Waals surface area contributed by atoms with Gasteiger partial charge in [0, 0.05) is 6.54 Å². The second-order valence-corrected chi connectivity index (χ2v) is 5.52. The Kier molecular flexibility index (Phi) is 7.10. The number of esters is 1. The van der Waals surface area contributed by atoms with E-state index in [1.54, 1.807) is 31.4 Å². The van der Waals surface area contributed by atoms with Gasteiger partial charge < -0.3 is 19.5 Å². The number of carbonyl (C=O) groups excluding carboxylic acids is 2. The summed E-state index contributed by atoms with van der Waals surface area (Å²) < 4.78 is 38.6. The van der Waals surface area contributed by atoms with E-state index in [1.807, 2.05) is 0 Å². The zero-order valence-electron chi connectivity index (χ0n) is 14.8. The van der Waals surface area contributed by atoms with Gasteiger partial charge in [0.25, 0.3) is 5.91 Å². The van der Waals surface area contributed by atoms with Gasteiger partial charge in [-0.25, -0.2) is 4.79 Å². The highest BCUT2D eigenvalue weighted by atomic mass is 19.3. The standard InChI is InChI=1S/C19H19F2NO5/c1-12(17(23)22-11-13-3-7-15(25-2)8-4-13)26-18(24)14-5-9-16(10-6-14)27-19(20)21/h3-10,12,19H,11H2,1-2H3,(H,22,23)/t12-/m0/s1. The van der Waals surface area contributed by atoms with E-state index >= 15 is 0 Å². The van der Waals surface area contributed by atoms with E-state index < -0.39 is 24.6 Å². The molecule has 2 aromatic rings. The number of hydrogen-bond donors (Lipinski definition) is 1. The van der Waals surface area contributed by atoms with Crippen LogP contribution in [0.2, 0.25) is 0 Å². The number of rotatable bonds is 8. The Labute approximate surface area is 155 Å². The number of nitrogens with one attached hydrogen (secondary N) is 1. The minimum Gasteiger partial charge on any atom is -0.497 e. The molecule has 0 saturated carbocycles. The van der Waals surface area contributed by atoms with E-state index in [4.69, 9.17) is 9.47 Å². The Hall–Kier alpha value is -3.16. The Morgan fingerprint density at radius 1 is 1.00 bits per heavy atom. The lowest BCUT2D eigenvalue weighted by Gasteiger charge is -2.14. The molecular formula is C19H19F2NO5. The Morgan fingerprint density at radius 3 is 2.15 bits per heavy atom. The van der Waals surface area contributed by atoms with Crippen LogP contribution in [0, 0.1) is 0 Å². The van der Waals surface area contributed by atoms with Crippen molar-refractivity contribution >= 4 is 11.9 Å². The van der Waals surface area contributed by atoms with Crippen LogP contribution in [0.3, 0.4) is 0 Å². The van der Waals surface area contributed by atoms with Crippen molar-refractivity contribution in [3.8, 4) is 11.5 Å². The van der Waals surface area contributed by atoms with E-state index in [-0.39, 0.29) is 17.9 Å². The van der Waals surface area contributed by atoms with Gasteiger partial charge in [-0.3, -0.25) is 4.79 Å². The van der Waals surface area contributed by atoms with Gasteiger partial charge in [-0.1, -0.05) is 12.1 Å². The molecule has 0 aliphatic rings. The van der Waals surface area contributed by atoms with Crippen LogP contribution in [-0.2, 0) is 16.1 Å². The number of alkyl halides is 2. The molecule has 1 atom stereocenters. The molecule has 0 saturated heterocycles. The summed E-state index contributed by atoms with van der Waals surface area (Å²) in [7, 11) is 1.56. The van der Waals surface area contributed by atoms with E-state index in [1.165, 1.54) is 31.2 Å². The van der Waals surface area contributed by atoms with Crippen molar-refractivity contribution in [3.05, 3.63) is 59.7 Å². The first-order valence-corrected chi connectivity index (χ1v) is 8.05. The summed E-state index contributed by atoms with van der Waals surface area (Å²) in [6, 6.07) is 12.1. The molecule has 27 heavy (non-hydrogen) atoms. The monoisotopic (exact) mass is 379 g/mol. The average Bonchev–Trinajstić information content (AvgIpc) is 2.66. The number of amides is 1. The summed E-state index contributed by atoms with van der Waals surface area (Å²) in [5.74, 6) is -0.577. The second-order valence-electron chi connectivity index (χ2n) is 5.52. The van der Waals surface area contributed by atoms with Crippen LogP contribution in [-0.4, -0.2) is 31.7 Å². The smallest absolute Gasteiger partial charge is 0.387 e. The molecule has 0 aliphatic heterocycles. The van der Waals surface area contributed by atoms with Crippen molar-refractivity contribution < 1.29 is 32.6 Å². The molecule has 1 amide bonds. The highest BCUT2D eigenvalue weighted by Gasteiger charge is 2.19. The second kappa shape index (κ2) is 9.51. The minimum atomic E-state index is -2.95. The molecule has 0 bridgehead atoms. The predicted octanol–water partition coefficient (Wildman–Crippen LogP) is 3.16. The molecular weight excluding hydrogens is 360 g/mol. The number of carbonyl (C=O) groups is 2. The molecule has 144 valence electrons. The van der Waals surface area contributed by atoms with Crippen molar-refractivity contribution in [1.82, 2.24) is 5.32 Å². The first-order chi connectivity index (χ1) is 12.9. The quantitative estimate of drug-likeness (QED) is 0.714. The molecule has 0 unspecified atom stereocenters. The Morgan fingerprint density at radius 2 is 1.59 bits per heavy atom. The van der Waals surface area contributed by atoms with Crippen molar-refractivity contribution in [3.63, 3.8) is 0 Å². The van der Waals surface area contributed by atoms with Crippen LogP contribution in [0.1, 0.15) is 22.8 Å². The summed E-state index contributed by atoms with van der Waals surface area (Å²) >= 11 is 0. The molecule has 0 heterocycles. The van der Waals surface area contributed by atoms with Gasteiger partial charge >= 0.3 is 12.6 Å². The molecule has 1 N–H and O–H groups in total. The summed E-state index contributed by atoms with van der Waals surface area (Å²) in [5, 5.41) is 2.66. The maximum absolute atomic E-state index is 12.1. The van der Waals surface area contributed by atoms with Crippen LogP contribution in [0.15, 0.2) is 48.5 Å². The largest absolute Gasteiger partial charge is 0.497 e. The first-order valence-electron chi connectivity index (χ1n) is 8.05. The van der Waals surface area contributed by atoms with Gasteiger partial charge in [0.2, 0.25) is 0 Å². The Balaban J connectivity index is 1.84. The normalized spacial score (nSPS) is 11.6. The van der Waals surface area contributed by atoms with Crippen molar-refractivity contribution in [1.29, 1.82) is 0 Å². The fraction of sp³-hybridized carbons (Fsp3) is 0.263. The average molecular weight is 379 g/mol. The van der Waals surface area contributed by atoms with Crippen molar-refractivity contribution in [2.75, 3.05) is 7.11 Å². The zero-order valence-corrected chi connectivity index (χ0v) is 14.8. The lowest BCUT2D eigenvalue weighted by Crippen LogP contribution is -2.35. The van der Waals surface area contributed by atoms with Crippen molar-refractivity contribution in [2.45, 2.75) is 26.2 Å². The number of benzene rings is 2. The van der Waals surface area contributed by atoms with Gasteiger partial charge in [-0.15, -0.1) is 0 Å². The first kappa shape index (κ1) is 20.2. The predicted molar refractivity (Wildman–Crippen MR) is 92.8 cm³/mol. The molecule has 0 aromatic heterocycles. The summed E-state index contributed by atoms with van der Waals surface area (Å²) in [4.78, 5) is 24.1. The number of ether oxygens (including phenoxy) is 3. The third-order valence-corrected chi connectivity index (χ3v) is 3.59. The lowest BCUT2D eigenvalue weighted by atomic mass is 10.2. The molecule has 0 fully saturated rings. The topological polar surface area (TPSA) is 73.9 Å². The van der Waals surface area contributed by atoms with Crippen molar-refractivity contribution in [2.24, 2.45) is 0 Å². The third-order valence-electron chi connectivity index (χ3n) is 3.59. The van der Waals surface area contributed by atoms with Gasteiger partial charge in [0.05, 0.1) is 12.7 Å². The van der Waals surface area contributed by atoms with Gasteiger partial charge in [0.1, 0.15) is 11.5 Å². The third kappa shape index (κ3) is 6.25. The SMILES string of the molecule is COc1ccc(CNC(=O)[C@H](C)OC(=O)c2ccc(OC(F)F)cc2)cc1. The molecule has 6 nitrogen and oxygen atoms in total. The van der Waals surface area contributed by atoms with Gasteiger partial charge in [-0.2, -0.15) is 8.78 Å². The maximum Gasteiger partial charge on any atom is 0.387 e. The van der Waals surface area contributed by atoms with E-state index in [2.05, 4.69) is 10.1 Å². The van der Waals surface area contributed by atoms with Crippen LogP contribution in [0.25, 0.3) is 0 Å². The number of methoxy groups -OCH3 is 1. The minimum absolute atomic E-state index is 0.0770. The van der Waals surface area contributed by atoms with E-state index in [0.29, 0.717) is 5.75 Å². The van der Waals surface area contributed by atoms with E-state index in [9.17, 15) is 18.4 Å². The number of hydrogen-bond acceptors (Lipinski definition) is 5. The zero-order chi connectivity index (χ0) is 19.8. The highest BCUT2D eigenvalue weighted by molar-refractivity contribution is 5.92. The van der Waals surface area contributed by atoms with Crippen LogP contribution in [0.4, 0.5) is 8.78 Å². The fourth-order valence-corrected chi connectivity index (χ4v) is 2.13. The summed E-state index contributed by atoms with van der Waals surface area (Å²) in [5.41, 5.74) is 0.976. The Bertz CT molecular complexity index is 763. The van der Waals surface area contributed by atoms with E-state index in [0.717, 1.165) is 5.56 Å². The molecule has 8 heteroatoms. The summed E-state index contributed by atoms with van der Waals surface area (Å²) in [6.45, 7) is -1.24. The lowest BCUT2D eigenvalue weighted by molar-refractivity contribution is -0.129. The highest BCUT2D eigenvalue weighted by Crippen LogP contribution is 2.16. The summed E-state index contributed by atoms with van der Waals surface area (Å²) in [6.07, 6.45) is -1.02. The fourth-order valence-electron chi connectivity index (χ4n) is 2.13. The van der Waals surface area contributed by atoms with Gasteiger partial charge in [0.15, 0.2) is 6.10 Å². The number of halogens is 2. The maximum atomic E-state index is 12.1. The molecule has 2 aromatic carbocycles. The molecule has 0 spiro atoms. The van der Waals surface area contributed by atoms with Crippen LogP contribution >= 0.6 is 0 Å². The van der Waals surface area contributed by atoms with Gasteiger partial charge in [-0.05, 0) is 48.9 Å². The molecule has 0 aliphatic carbocycles. The van der Waals surface area contributed by atoms with Crippen LogP contribution in [0.5, 0.6) is 11.5 Å². The van der Waals surface area contributed by atoms with Crippen LogP contribution < -0.4 is 14.8 Å².